The molecule has 0 aliphatic heterocycles. The standard InChI is InChI=1S/C12H25NO2S/c1-2-3-4-5-6-7-8-9-16-10-11(13)12(14)15/h11H,2-10,13H2,1H3,(H,14,15)/t11-/m1/s1. The fraction of sp³-hybridized carbons (Fsp3) is 0.917. The Morgan fingerprint density at radius 3 is 2.31 bits per heavy atom. The molecule has 0 saturated carbocycles. The van der Waals surface area contributed by atoms with Crippen LogP contribution in [0.3, 0.4) is 0 Å². The van der Waals surface area contributed by atoms with E-state index in [0.29, 0.717) is 5.75 Å². The van der Waals surface area contributed by atoms with Gasteiger partial charge < -0.3 is 10.8 Å². The minimum absolute atomic E-state index is 0.533. The number of aliphatic carboxylic acids is 1. The van der Waals surface area contributed by atoms with E-state index in [0.717, 1.165) is 5.75 Å². The van der Waals surface area contributed by atoms with Crippen LogP contribution in [0.4, 0.5) is 0 Å². The van der Waals surface area contributed by atoms with E-state index in [9.17, 15) is 4.79 Å². The first-order valence-electron chi connectivity index (χ1n) is 6.24. The zero-order chi connectivity index (χ0) is 12.2. The number of carboxylic acid groups (broad SMARTS) is 1. The molecule has 0 saturated heterocycles. The highest BCUT2D eigenvalue weighted by atomic mass is 32.2. The maximum absolute atomic E-state index is 10.4. The van der Waals surface area contributed by atoms with Crippen molar-refractivity contribution in [2.45, 2.75) is 57.9 Å². The van der Waals surface area contributed by atoms with Crippen LogP contribution in [0.15, 0.2) is 0 Å². The van der Waals surface area contributed by atoms with E-state index in [1.54, 1.807) is 11.8 Å². The van der Waals surface area contributed by atoms with Gasteiger partial charge in [-0.1, -0.05) is 45.4 Å². The second-order valence-corrected chi connectivity index (χ2v) is 5.29. The van der Waals surface area contributed by atoms with Gasteiger partial charge in [0.05, 0.1) is 0 Å². The van der Waals surface area contributed by atoms with Gasteiger partial charge in [-0.15, -0.1) is 0 Å². The summed E-state index contributed by atoms with van der Waals surface area (Å²) in [6.07, 6.45) is 9.10. The fourth-order valence-corrected chi connectivity index (χ4v) is 2.41. The van der Waals surface area contributed by atoms with Crippen LogP contribution in [0.2, 0.25) is 0 Å². The second kappa shape index (κ2) is 11.3. The molecule has 3 nitrogen and oxygen atoms in total. The van der Waals surface area contributed by atoms with Gasteiger partial charge in [0, 0.05) is 5.75 Å². The van der Waals surface area contributed by atoms with Gasteiger partial charge in [0.2, 0.25) is 0 Å². The highest BCUT2D eigenvalue weighted by molar-refractivity contribution is 7.99. The van der Waals surface area contributed by atoms with E-state index in [1.807, 2.05) is 0 Å². The molecule has 1 atom stereocenters. The monoisotopic (exact) mass is 247 g/mol. The fourth-order valence-electron chi connectivity index (χ4n) is 1.44. The molecule has 0 fully saturated rings. The first-order valence-corrected chi connectivity index (χ1v) is 7.40. The molecule has 4 heteroatoms. The van der Waals surface area contributed by atoms with E-state index in [-0.39, 0.29) is 0 Å². The van der Waals surface area contributed by atoms with Crippen molar-refractivity contribution in [3.63, 3.8) is 0 Å². The Morgan fingerprint density at radius 2 is 1.75 bits per heavy atom. The van der Waals surface area contributed by atoms with E-state index in [2.05, 4.69) is 6.92 Å². The first-order chi connectivity index (χ1) is 7.68. The number of carbonyl (C=O) groups is 1. The zero-order valence-corrected chi connectivity index (χ0v) is 11.1. The molecular weight excluding hydrogens is 222 g/mol. The summed E-state index contributed by atoms with van der Waals surface area (Å²) in [6.45, 7) is 2.22. The summed E-state index contributed by atoms with van der Waals surface area (Å²) in [7, 11) is 0. The van der Waals surface area contributed by atoms with Crippen LogP contribution in [-0.4, -0.2) is 28.6 Å². The van der Waals surface area contributed by atoms with Crippen molar-refractivity contribution in [3.8, 4) is 0 Å². The van der Waals surface area contributed by atoms with Crippen LogP contribution in [0.5, 0.6) is 0 Å². The minimum Gasteiger partial charge on any atom is -0.480 e. The topological polar surface area (TPSA) is 63.3 Å². The Balaban J connectivity index is 3.07. The number of nitrogens with two attached hydrogens (primary N) is 1. The quantitative estimate of drug-likeness (QED) is 0.551. The van der Waals surface area contributed by atoms with Crippen molar-refractivity contribution in [1.29, 1.82) is 0 Å². The van der Waals surface area contributed by atoms with Crippen LogP contribution in [0, 0.1) is 0 Å². The Kier molecular flexibility index (Phi) is 11.1. The molecule has 0 aromatic rings. The second-order valence-electron chi connectivity index (χ2n) is 4.14. The number of carboxylic acids is 1. The van der Waals surface area contributed by atoms with Gasteiger partial charge in [-0.2, -0.15) is 11.8 Å². The summed E-state index contributed by atoms with van der Waals surface area (Å²) >= 11 is 1.65. The Hall–Kier alpha value is -0.220. The van der Waals surface area contributed by atoms with Crippen LogP contribution < -0.4 is 5.73 Å². The average Bonchev–Trinajstić information content (AvgIpc) is 2.26. The molecule has 0 spiro atoms. The molecule has 3 N–H and O–H groups in total. The van der Waals surface area contributed by atoms with E-state index in [4.69, 9.17) is 10.8 Å². The predicted octanol–water partition coefficient (Wildman–Crippen LogP) is 2.88. The molecule has 0 aromatic heterocycles. The number of rotatable bonds is 11. The summed E-state index contributed by atoms with van der Waals surface area (Å²) < 4.78 is 0. The van der Waals surface area contributed by atoms with E-state index < -0.39 is 12.0 Å². The molecule has 0 amide bonds. The minimum atomic E-state index is -0.896. The molecule has 16 heavy (non-hydrogen) atoms. The zero-order valence-electron chi connectivity index (χ0n) is 10.3. The lowest BCUT2D eigenvalue weighted by Gasteiger charge is -2.05. The molecule has 0 rings (SSSR count). The van der Waals surface area contributed by atoms with Crippen LogP contribution >= 0.6 is 11.8 Å². The summed E-state index contributed by atoms with van der Waals surface area (Å²) in [6, 6.07) is -0.699. The van der Waals surface area contributed by atoms with Gasteiger partial charge in [0.15, 0.2) is 0 Å². The molecule has 0 unspecified atom stereocenters. The van der Waals surface area contributed by atoms with Gasteiger partial charge in [0.1, 0.15) is 6.04 Å². The van der Waals surface area contributed by atoms with Crippen molar-refractivity contribution < 1.29 is 9.90 Å². The van der Waals surface area contributed by atoms with Crippen molar-refractivity contribution in [2.75, 3.05) is 11.5 Å². The molecule has 0 aliphatic carbocycles. The average molecular weight is 247 g/mol. The molecule has 0 heterocycles. The SMILES string of the molecule is CCCCCCCCCSC[C@@H](N)C(=O)O. The van der Waals surface area contributed by atoms with Gasteiger partial charge in [-0.3, -0.25) is 4.79 Å². The van der Waals surface area contributed by atoms with Crippen LogP contribution in [0.1, 0.15) is 51.9 Å². The van der Waals surface area contributed by atoms with Crippen molar-refractivity contribution in [3.05, 3.63) is 0 Å². The molecule has 0 aromatic carbocycles. The Morgan fingerprint density at radius 1 is 1.19 bits per heavy atom. The maximum atomic E-state index is 10.4. The lowest BCUT2D eigenvalue weighted by molar-refractivity contribution is -0.137. The summed E-state index contributed by atoms with van der Waals surface area (Å²) in [5, 5.41) is 8.57. The van der Waals surface area contributed by atoms with Gasteiger partial charge in [-0.25, -0.2) is 0 Å². The third kappa shape index (κ3) is 10.3. The molecule has 0 aliphatic rings. The van der Waals surface area contributed by atoms with E-state index >= 15 is 0 Å². The number of hydrogen-bond acceptors (Lipinski definition) is 3. The Labute approximate surface area is 103 Å². The summed E-state index contributed by atoms with van der Waals surface area (Å²) in [5.74, 6) is 0.673. The number of thioether (sulfide) groups is 1. The van der Waals surface area contributed by atoms with Gasteiger partial charge in [0.25, 0.3) is 0 Å². The largest absolute Gasteiger partial charge is 0.480 e. The number of unbranched alkanes of at least 4 members (excludes halogenated alkanes) is 6. The molecule has 0 bridgehead atoms. The summed E-state index contributed by atoms with van der Waals surface area (Å²) in [4.78, 5) is 10.4. The highest BCUT2D eigenvalue weighted by Gasteiger charge is 2.10. The van der Waals surface area contributed by atoms with Gasteiger partial charge >= 0.3 is 5.97 Å². The lowest BCUT2D eigenvalue weighted by Crippen LogP contribution is -2.32. The molecular formula is C12H25NO2S. The highest BCUT2D eigenvalue weighted by Crippen LogP contribution is 2.10. The third-order valence-electron chi connectivity index (χ3n) is 2.51. The molecule has 0 radical (unpaired) electrons. The van der Waals surface area contributed by atoms with Crippen molar-refractivity contribution >= 4 is 17.7 Å². The van der Waals surface area contributed by atoms with Crippen molar-refractivity contribution in [2.24, 2.45) is 5.73 Å². The summed E-state index contributed by atoms with van der Waals surface area (Å²) in [5.41, 5.74) is 5.39. The van der Waals surface area contributed by atoms with Crippen LogP contribution in [0.25, 0.3) is 0 Å². The lowest BCUT2D eigenvalue weighted by atomic mass is 10.1. The normalized spacial score (nSPS) is 12.6. The number of hydrogen-bond donors (Lipinski definition) is 2. The predicted molar refractivity (Wildman–Crippen MR) is 70.9 cm³/mol. The smallest absolute Gasteiger partial charge is 0.321 e. The Bertz CT molecular complexity index is 176. The van der Waals surface area contributed by atoms with Crippen molar-refractivity contribution in [1.82, 2.24) is 0 Å². The third-order valence-corrected chi connectivity index (χ3v) is 3.68. The first kappa shape index (κ1) is 15.8. The van der Waals surface area contributed by atoms with Gasteiger partial charge in [-0.05, 0) is 12.2 Å². The molecule has 96 valence electrons. The van der Waals surface area contributed by atoms with E-state index in [1.165, 1.54) is 44.9 Å². The maximum Gasteiger partial charge on any atom is 0.321 e. The van der Waals surface area contributed by atoms with Crippen LogP contribution in [-0.2, 0) is 4.79 Å².